The number of hydrogen-bond donors (Lipinski definition) is 1. The highest BCUT2D eigenvalue weighted by Crippen LogP contribution is 2.37. The van der Waals surface area contributed by atoms with Crippen LogP contribution in [-0.2, 0) is 6.18 Å². The number of carbonyl (C=O) groups excluding carboxylic acids is 1. The highest BCUT2D eigenvalue weighted by atomic mass is 19.4. The first kappa shape index (κ1) is 16.0. The van der Waals surface area contributed by atoms with Gasteiger partial charge in [0.05, 0.1) is 11.1 Å². The van der Waals surface area contributed by atoms with Gasteiger partial charge in [0.1, 0.15) is 17.0 Å². The minimum Gasteiger partial charge on any atom is -0.422 e. The third-order valence-electron chi connectivity index (χ3n) is 3.78. The lowest BCUT2D eigenvalue weighted by Crippen LogP contribution is -2.16. The van der Waals surface area contributed by atoms with E-state index in [1.807, 2.05) is 0 Å². The number of aromatic nitrogens is 5. The molecule has 1 amide bonds. The van der Waals surface area contributed by atoms with Gasteiger partial charge >= 0.3 is 6.18 Å². The van der Waals surface area contributed by atoms with Crippen LogP contribution in [0.3, 0.4) is 0 Å². The minimum absolute atomic E-state index is 0.0752. The lowest BCUT2D eigenvalue weighted by Gasteiger charge is -2.14. The van der Waals surface area contributed by atoms with Gasteiger partial charge in [-0.3, -0.25) is 9.20 Å². The summed E-state index contributed by atoms with van der Waals surface area (Å²) in [5, 5.41) is 6.85. The number of rotatable bonds is 2. The monoisotopic (exact) mass is 362 g/mol. The summed E-state index contributed by atoms with van der Waals surface area (Å²) in [5.74, 6) is -0.942. The molecule has 0 radical (unpaired) electrons. The summed E-state index contributed by atoms with van der Waals surface area (Å²) in [6.45, 7) is 1.42. The Labute approximate surface area is 142 Å². The molecule has 0 spiro atoms. The summed E-state index contributed by atoms with van der Waals surface area (Å²) in [4.78, 5) is 20.2. The van der Waals surface area contributed by atoms with Gasteiger partial charge in [0.15, 0.2) is 0 Å². The molecule has 4 aromatic heterocycles. The number of hydrogen-bond acceptors (Lipinski definition) is 6. The summed E-state index contributed by atoms with van der Waals surface area (Å²) < 4.78 is 47.0. The van der Waals surface area contributed by atoms with Gasteiger partial charge in [-0.1, -0.05) is 0 Å². The van der Waals surface area contributed by atoms with Crippen LogP contribution in [0.5, 0.6) is 0 Å². The van der Waals surface area contributed by atoms with Crippen LogP contribution in [0.4, 0.5) is 13.2 Å². The fourth-order valence-corrected chi connectivity index (χ4v) is 2.77. The van der Waals surface area contributed by atoms with Gasteiger partial charge in [-0.15, -0.1) is 10.2 Å². The van der Waals surface area contributed by atoms with Crippen LogP contribution in [0.15, 0.2) is 29.1 Å². The van der Waals surface area contributed by atoms with Gasteiger partial charge in [-0.2, -0.15) is 13.2 Å². The Morgan fingerprint density at radius 3 is 2.65 bits per heavy atom. The number of pyridine rings is 2. The molecule has 0 aliphatic rings. The average molecular weight is 362 g/mol. The van der Waals surface area contributed by atoms with Crippen molar-refractivity contribution in [2.24, 2.45) is 5.73 Å². The van der Waals surface area contributed by atoms with Gasteiger partial charge in [0.2, 0.25) is 12.3 Å². The molecule has 26 heavy (non-hydrogen) atoms. The van der Waals surface area contributed by atoms with Gasteiger partial charge in [0.25, 0.3) is 5.89 Å². The van der Waals surface area contributed by atoms with Crippen LogP contribution < -0.4 is 5.73 Å². The molecule has 11 heteroatoms. The number of carbonyl (C=O) groups is 1. The lowest BCUT2D eigenvalue weighted by molar-refractivity contribution is -0.136. The molecule has 0 aliphatic carbocycles. The van der Waals surface area contributed by atoms with E-state index in [2.05, 4.69) is 20.2 Å². The van der Waals surface area contributed by atoms with Crippen LogP contribution in [0.1, 0.15) is 21.6 Å². The molecule has 0 atom stereocenters. The Balaban J connectivity index is 2.18. The maximum Gasteiger partial charge on any atom is 0.417 e. The number of fused-ring (bicyclic) bond motifs is 3. The van der Waals surface area contributed by atoms with E-state index in [0.29, 0.717) is 0 Å². The van der Waals surface area contributed by atoms with Crippen molar-refractivity contribution in [2.45, 2.75) is 13.1 Å². The van der Waals surface area contributed by atoms with E-state index in [4.69, 9.17) is 10.2 Å². The number of imidazole rings is 1. The first-order valence-electron chi connectivity index (χ1n) is 7.22. The fraction of sp³-hybridized carbons (Fsp3) is 0.133. The van der Waals surface area contributed by atoms with E-state index >= 15 is 0 Å². The normalized spacial score (nSPS) is 12.2. The molecular formula is C15H9F3N6O2. The van der Waals surface area contributed by atoms with Gasteiger partial charge in [-0.05, 0) is 19.1 Å². The number of nitrogens with two attached hydrogens (primary N) is 1. The van der Waals surface area contributed by atoms with Crippen molar-refractivity contribution in [1.82, 2.24) is 24.6 Å². The molecule has 0 aromatic carbocycles. The fourth-order valence-electron chi connectivity index (χ4n) is 2.77. The zero-order valence-corrected chi connectivity index (χ0v) is 13.1. The number of alkyl halides is 3. The molecule has 2 N–H and O–H groups in total. The van der Waals surface area contributed by atoms with E-state index in [0.717, 1.165) is 12.5 Å². The van der Waals surface area contributed by atoms with Crippen LogP contribution in [0, 0.1) is 6.92 Å². The predicted octanol–water partition coefficient (Wildman–Crippen LogP) is 2.36. The molecule has 4 rings (SSSR count). The van der Waals surface area contributed by atoms with Crippen molar-refractivity contribution in [3.05, 3.63) is 41.5 Å². The molecular weight excluding hydrogens is 353 g/mol. The summed E-state index contributed by atoms with van der Waals surface area (Å²) in [7, 11) is 0. The lowest BCUT2D eigenvalue weighted by atomic mass is 10.0. The maximum atomic E-state index is 13.5. The number of aryl methyl sites for hydroxylation is 1. The first-order valence-corrected chi connectivity index (χ1v) is 7.22. The van der Waals surface area contributed by atoms with Crippen LogP contribution in [0.2, 0.25) is 0 Å². The van der Waals surface area contributed by atoms with E-state index in [1.165, 1.54) is 23.6 Å². The topological polar surface area (TPSA) is 112 Å². The second-order valence-electron chi connectivity index (χ2n) is 5.53. The Kier molecular flexibility index (Phi) is 3.23. The second kappa shape index (κ2) is 5.25. The van der Waals surface area contributed by atoms with E-state index in [1.54, 1.807) is 0 Å². The molecule has 4 heterocycles. The van der Waals surface area contributed by atoms with Crippen LogP contribution in [-0.4, -0.2) is 30.5 Å². The Morgan fingerprint density at radius 2 is 2.04 bits per heavy atom. The molecule has 8 nitrogen and oxygen atoms in total. The second-order valence-corrected chi connectivity index (χ2v) is 5.53. The van der Waals surface area contributed by atoms with E-state index < -0.39 is 23.0 Å². The summed E-state index contributed by atoms with van der Waals surface area (Å²) in [6.07, 6.45) is -2.20. The van der Waals surface area contributed by atoms with Gasteiger partial charge < -0.3 is 10.2 Å². The third kappa shape index (κ3) is 2.36. The number of primary amides is 1. The Hall–Kier alpha value is -3.50. The largest absolute Gasteiger partial charge is 0.422 e. The highest BCUT2D eigenvalue weighted by molar-refractivity contribution is 6.07. The van der Waals surface area contributed by atoms with E-state index in [-0.39, 0.29) is 34.1 Å². The van der Waals surface area contributed by atoms with Crippen molar-refractivity contribution in [2.75, 3.05) is 0 Å². The molecule has 0 saturated carbocycles. The molecule has 4 aromatic rings. The zero-order chi connectivity index (χ0) is 18.6. The van der Waals surface area contributed by atoms with Gasteiger partial charge in [0, 0.05) is 17.3 Å². The summed E-state index contributed by atoms with van der Waals surface area (Å²) in [6, 6.07) is 2.05. The van der Waals surface area contributed by atoms with Gasteiger partial charge in [-0.25, -0.2) is 9.97 Å². The highest BCUT2D eigenvalue weighted by Gasteiger charge is 2.35. The molecule has 0 bridgehead atoms. The zero-order valence-electron chi connectivity index (χ0n) is 13.1. The molecule has 132 valence electrons. The van der Waals surface area contributed by atoms with Crippen molar-refractivity contribution in [1.29, 1.82) is 0 Å². The molecule has 0 fully saturated rings. The predicted molar refractivity (Wildman–Crippen MR) is 82.0 cm³/mol. The quantitative estimate of drug-likeness (QED) is 0.586. The number of nitrogens with zero attached hydrogens (tertiary/aromatic N) is 5. The summed E-state index contributed by atoms with van der Waals surface area (Å²) >= 11 is 0. The van der Waals surface area contributed by atoms with E-state index in [9.17, 15) is 18.0 Å². The summed E-state index contributed by atoms with van der Waals surface area (Å²) in [5.41, 5.74) is 4.42. The average Bonchev–Trinajstić information content (AvgIpc) is 3.21. The Bertz CT molecular complexity index is 1160. The molecule has 0 aliphatic heterocycles. The standard InChI is InChI=1S/C15H9F3N6O2/c1-6-2-8(15(16,17)18)11-7(12(19)25)3-10-22-9(14-23-20-5-26-14)4-24(10)13(11)21-6/h2-5H,1H3,(H2,19,25). The van der Waals surface area contributed by atoms with Crippen molar-refractivity contribution in [3.8, 4) is 11.6 Å². The van der Waals surface area contributed by atoms with Crippen molar-refractivity contribution in [3.63, 3.8) is 0 Å². The SMILES string of the molecule is Cc1cc(C(F)(F)F)c2c(C(N)=O)cc3nc(-c4nnco4)cn3c2n1. The van der Waals surface area contributed by atoms with Crippen LogP contribution in [0.25, 0.3) is 28.3 Å². The molecule has 0 saturated heterocycles. The smallest absolute Gasteiger partial charge is 0.417 e. The first-order chi connectivity index (χ1) is 12.3. The maximum absolute atomic E-state index is 13.5. The Morgan fingerprint density at radius 1 is 1.27 bits per heavy atom. The van der Waals surface area contributed by atoms with Crippen molar-refractivity contribution < 1.29 is 22.4 Å². The van der Waals surface area contributed by atoms with Crippen LogP contribution >= 0.6 is 0 Å². The minimum atomic E-state index is -4.69. The number of amides is 1. The number of halogens is 3. The van der Waals surface area contributed by atoms with Crippen molar-refractivity contribution >= 4 is 22.6 Å². The molecule has 0 unspecified atom stereocenters. The third-order valence-corrected chi connectivity index (χ3v) is 3.78.